The van der Waals surface area contributed by atoms with Gasteiger partial charge in [-0.2, -0.15) is 5.26 Å². The molecule has 0 fully saturated rings. The minimum atomic E-state index is -0.467. The minimum Gasteiger partial charge on any atom is -0.384 e. The highest BCUT2D eigenvalue weighted by Gasteiger charge is 2.19. The molecule has 3 rings (SSSR count). The van der Waals surface area contributed by atoms with Crippen molar-refractivity contribution in [3.05, 3.63) is 65.0 Å². The van der Waals surface area contributed by atoms with E-state index in [2.05, 4.69) is 29.6 Å². The third-order valence-electron chi connectivity index (χ3n) is 4.13. The highest BCUT2D eigenvalue weighted by atomic mass is 19.1. The number of nitrogens with one attached hydrogen (secondary N) is 1. The van der Waals surface area contributed by atoms with E-state index in [9.17, 15) is 4.39 Å². The number of benzene rings is 2. The summed E-state index contributed by atoms with van der Waals surface area (Å²) in [5.74, 6) is 0.0107. The molecule has 0 aliphatic heterocycles. The Hall–Kier alpha value is -2.34. The molecule has 1 aliphatic carbocycles. The molecule has 106 valence electrons. The molecule has 0 bridgehead atoms. The molecular weight excluding hydrogens is 263 g/mol. The normalized spacial score (nSPS) is 16.9. The summed E-state index contributed by atoms with van der Waals surface area (Å²) >= 11 is 0. The fourth-order valence-electron chi connectivity index (χ4n) is 3.03. The van der Waals surface area contributed by atoms with Crippen LogP contribution in [0.25, 0.3) is 0 Å². The summed E-state index contributed by atoms with van der Waals surface area (Å²) in [4.78, 5) is 0. The molecule has 0 aromatic heterocycles. The largest absolute Gasteiger partial charge is 0.384 e. The minimum absolute atomic E-state index is 0.0871. The third kappa shape index (κ3) is 2.90. The van der Waals surface area contributed by atoms with E-state index in [-0.39, 0.29) is 5.56 Å². The maximum Gasteiger partial charge on any atom is 0.141 e. The van der Waals surface area contributed by atoms with Crippen LogP contribution < -0.4 is 5.32 Å². The van der Waals surface area contributed by atoms with E-state index in [4.69, 9.17) is 5.26 Å². The molecule has 0 spiro atoms. The second-order valence-electron chi connectivity index (χ2n) is 5.48. The SMILES string of the molecule is N#Cc1cc(NCC2CCCc3ccccc32)ccc1F. The topological polar surface area (TPSA) is 35.8 Å². The molecule has 2 nitrogen and oxygen atoms in total. The average molecular weight is 280 g/mol. The van der Waals surface area contributed by atoms with Crippen molar-refractivity contribution >= 4 is 5.69 Å². The van der Waals surface area contributed by atoms with Crippen molar-refractivity contribution in [3.8, 4) is 6.07 Å². The second kappa shape index (κ2) is 5.97. The first-order valence-electron chi connectivity index (χ1n) is 7.29. The van der Waals surface area contributed by atoms with Gasteiger partial charge in [-0.3, -0.25) is 0 Å². The zero-order valence-corrected chi connectivity index (χ0v) is 11.8. The summed E-state index contributed by atoms with van der Waals surface area (Å²) in [6, 6.07) is 15.1. The quantitative estimate of drug-likeness (QED) is 0.913. The van der Waals surface area contributed by atoms with Gasteiger partial charge in [-0.15, -0.1) is 0 Å². The van der Waals surface area contributed by atoms with Crippen LogP contribution in [-0.2, 0) is 6.42 Å². The Morgan fingerprint density at radius 1 is 1.24 bits per heavy atom. The number of hydrogen-bond donors (Lipinski definition) is 1. The molecule has 2 aromatic rings. The van der Waals surface area contributed by atoms with E-state index in [0.29, 0.717) is 5.92 Å². The van der Waals surface area contributed by atoms with Crippen LogP contribution in [0.4, 0.5) is 10.1 Å². The summed E-state index contributed by atoms with van der Waals surface area (Å²) in [6.45, 7) is 0.813. The van der Waals surface area contributed by atoms with Crippen LogP contribution in [-0.4, -0.2) is 6.54 Å². The van der Waals surface area contributed by atoms with Crippen molar-refractivity contribution in [2.45, 2.75) is 25.2 Å². The number of hydrogen-bond acceptors (Lipinski definition) is 2. The number of rotatable bonds is 3. The lowest BCUT2D eigenvalue weighted by Crippen LogP contribution is -2.18. The Morgan fingerprint density at radius 2 is 2.10 bits per heavy atom. The molecule has 21 heavy (non-hydrogen) atoms. The van der Waals surface area contributed by atoms with Crippen LogP contribution in [0.5, 0.6) is 0 Å². The second-order valence-corrected chi connectivity index (χ2v) is 5.48. The predicted octanol–water partition coefficient (Wildman–Crippen LogP) is 4.23. The molecule has 0 amide bonds. The average Bonchev–Trinajstić information content (AvgIpc) is 2.54. The predicted molar refractivity (Wildman–Crippen MR) is 81.7 cm³/mol. The lowest BCUT2D eigenvalue weighted by molar-refractivity contribution is 0.571. The highest BCUT2D eigenvalue weighted by Crippen LogP contribution is 2.31. The summed E-state index contributed by atoms with van der Waals surface area (Å²) in [6.07, 6.45) is 3.52. The Kier molecular flexibility index (Phi) is 3.87. The van der Waals surface area contributed by atoms with Crippen LogP contribution in [0.2, 0.25) is 0 Å². The third-order valence-corrected chi connectivity index (χ3v) is 4.13. The number of nitrogens with zero attached hydrogens (tertiary/aromatic N) is 1. The van der Waals surface area contributed by atoms with Gasteiger partial charge in [0.2, 0.25) is 0 Å². The Bertz CT molecular complexity index is 688. The van der Waals surface area contributed by atoms with Crippen molar-refractivity contribution in [2.24, 2.45) is 0 Å². The van der Waals surface area contributed by atoms with Gasteiger partial charge in [0.1, 0.15) is 11.9 Å². The number of fused-ring (bicyclic) bond motifs is 1. The highest BCUT2D eigenvalue weighted by molar-refractivity contribution is 5.50. The summed E-state index contributed by atoms with van der Waals surface area (Å²) < 4.78 is 13.3. The number of aryl methyl sites for hydroxylation is 1. The fourth-order valence-corrected chi connectivity index (χ4v) is 3.03. The van der Waals surface area contributed by atoms with Crippen LogP contribution >= 0.6 is 0 Å². The standard InChI is InChI=1S/C18H17FN2/c19-18-9-8-16(10-15(18)11-20)21-12-14-6-3-5-13-4-1-2-7-17(13)14/h1-2,4,7-10,14,21H,3,5-6,12H2. The van der Waals surface area contributed by atoms with Crippen LogP contribution in [0.15, 0.2) is 42.5 Å². The van der Waals surface area contributed by atoms with E-state index < -0.39 is 5.82 Å². The van der Waals surface area contributed by atoms with E-state index >= 15 is 0 Å². The maximum absolute atomic E-state index is 13.3. The molecule has 0 heterocycles. The Labute approximate surface area is 124 Å². The molecule has 0 radical (unpaired) electrons. The van der Waals surface area contributed by atoms with Gasteiger partial charge in [0.05, 0.1) is 5.56 Å². The molecule has 1 aliphatic rings. The molecular formula is C18H17FN2. The molecule has 0 saturated heterocycles. The maximum atomic E-state index is 13.3. The van der Waals surface area contributed by atoms with E-state index in [1.807, 2.05) is 6.07 Å². The first-order valence-corrected chi connectivity index (χ1v) is 7.29. The van der Waals surface area contributed by atoms with Crippen molar-refractivity contribution in [2.75, 3.05) is 11.9 Å². The monoisotopic (exact) mass is 280 g/mol. The Morgan fingerprint density at radius 3 is 2.95 bits per heavy atom. The molecule has 1 unspecified atom stereocenters. The molecule has 2 aromatic carbocycles. The van der Waals surface area contributed by atoms with Gasteiger partial charge in [0, 0.05) is 18.2 Å². The molecule has 1 atom stereocenters. The van der Waals surface area contributed by atoms with Gasteiger partial charge in [-0.05, 0) is 48.6 Å². The van der Waals surface area contributed by atoms with Crippen LogP contribution in [0, 0.1) is 17.1 Å². The molecule has 1 N–H and O–H groups in total. The van der Waals surface area contributed by atoms with Gasteiger partial charge in [-0.25, -0.2) is 4.39 Å². The van der Waals surface area contributed by atoms with Crippen LogP contribution in [0.1, 0.15) is 35.4 Å². The first-order chi connectivity index (χ1) is 10.3. The zero-order valence-electron chi connectivity index (χ0n) is 11.8. The number of nitriles is 1. The molecule has 0 saturated carbocycles. The van der Waals surface area contributed by atoms with Gasteiger partial charge in [0.25, 0.3) is 0 Å². The zero-order chi connectivity index (χ0) is 14.7. The summed E-state index contributed by atoms with van der Waals surface area (Å²) in [5, 5.41) is 12.2. The number of halogens is 1. The lowest BCUT2D eigenvalue weighted by Gasteiger charge is -2.26. The molecule has 3 heteroatoms. The van der Waals surface area contributed by atoms with Gasteiger partial charge < -0.3 is 5.32 Å². The van der Waals surface area contributed by atoms with Gasteiger partial charge >= 0.3 is 0 Å². The van der Waals surface area contributed by atoms with E-state index in [0.717, 1.165) is 25.1 Å². The van der Waals surface area contributed by atoms with Gasteiger partial charge in [0.15, 0.2) is 0 Å². The van der Waals surface area contributed by atoms with Crippen LogP contribution in [0.3, 0.4) is 0 Å². The summed E-state index contributed by atoms with van der Waals surface area (Å²) in [5.41, 5.74) is 3.74. The van der Waals surface area contributed by atoms with E-state index in [1.165, 1.54) is 23.6 Å². The summed E-state index contributed by atoms with van der Waals surface area (Å²) in [7, 11) is 0. The fraction of sp³-hybridized carbons (Fsp3) is 0.278. The number of anilines is 1. The Balaban J connectivity index is 1.73. The van der Waals surface area contributed by atoms with Gasteiger partial charge in [-0.1, -0.05) is 24.3 Å². The van der Waals surface area contributed by atoms with Crippen molar-refractivity contribution in [1.82, 2.24) is 0 Å². The van der Waals surface area contributed by atoms with Crippen molar-refractivity contribution in [1.29, 1.82) is 5.26 Å². The van der Waals surface area contributed by atoms with Crippen molar-refractivity contribution < 1.29 is 4.39 Å². The smallest absolute Gasteiger partial charge is 0.141 e. The first kappa shape index (κ1) is 13.6. The van der Waals surface area contributed by atoms with Crippen molar-refractivity contribution in [3.63, 3.8) is 0 Å². The van der Waals surface area contributed by atoms with E-state index in [1.54, 1.807) is 12.1 Å². The lowest BCUT2D eigenvalue weighted by atomic mass is 9.83.